The number of tetrazole rings is 1. The quantitative estimate of drug-likeness (QED) is 0.839. The van der Waals surface area contributed by atoms with E-state index in [1.807, 2.05) is 29.8 Å². The lowest BCUT2D eigenvalue weighted by Gasteiger charge is -2.25. The molecule has 0 unspecified atom stereocenters. The van der Waals surface area contributed by atoms with Gasteiger partial charge in [0.15, 0.2) is 5.82 Å². The van der Waals surface area contributed by atoms with E-state index in [9.17, 15) is 0 Å². The van der Waals surface area contributed by atoms with E-state index < -0.39 is 0 Å². The molecule has 1 fully saturated rings. The molecule has 5 heteroatoms. The summed E-state index contributed by atoms with van der Waals surface area (Å²) in [6.07, 6.45) is 4.77. The Bertz CT molecular complexity index is 596. The third-order valence-electron chi connectivity index (χ3n) is 4.15. The van der Waals surface area contributed by atoms with Crippen molar-refractivity contribution in [2.45, 2.75) is 45.1 Å². The van der Waals surface area contributed by atoms with Crippen LogP contribution in [0.25, 0.3) is 11.4 Å². The summed E-state index contributed by atoms with van der Waals surface area (Å²) < 4.78 is 2.00. The normalized spacial score (nSPS) is 17.8. The zero-order valence-electron chi connectivity index (χ0n) is 11.4. The minimum atomic E-state index is 0.0483. The second-order valence-corrected chi connectivity index (χ2v) is 5.69. The highest BCUT2D eigenvalue weighted by Gasteiger charge is 2.34. The average molecular weight is 257 g/mol. The molecule has 1 saturated carbocycles. The number of anilines is 1. The molecule has 2 N–H and O–H groups in total. The molecule has 5 nitrogen and oxygen atoms in total. The third-order valence-corrected chi connectivity index (χ3v) is 4.15. The van der Waals surface area contributed by atoms with E-state index in [-0.39, 0.29) is 5.54 Å². The van der Waals surface area contributed by atoms with Gasteiger partial charge in [-0.2, -0.15) is 0 Å². The molecule has 0 aliphatic heterocycles. The highest BCUT2D eigenvalue weighted by atomic mass is 15.6. The van der Waals surface area contributed by atoms with Crippen molar-refractivity contribution in [1.82, 2.24) is 20.2 Å². The van der Waals surface area contributed by atoms with E-state index in [1.54, 1.807) is 0 Å². The number of aromatic nitrogens is 4. The summed E-state index contributed by atoms with van der Waals surface area (Å²) in [6.45, 7) is 4.29. The number of aryl methyl sites for hydroxylation is 1. The SMILES string of the molecule is Cc1cc(N)ccc1-c1nnnn1C1(C)CCCC1. The summed E-state index contributed by atoms with van der Waals surface area (Å²) in [6, 6.07) is 5.87. The van der Waals surface area contributed by atoms with Crippen LogP contribution in [0.5, 0.6) is 0 Å². The number of hydrogen-bond donors (Lipinski definition) is 1. The van der Waals surface area contributed by atoms with Crippen LogP contribution in [-0.4, -0.2) is 20.2 Å². The standard InChI is InChI=1S/C14H19N5/c1-10-9-11(15)5-6-12(10)13-16-17-18-19(13)14(2)7-3-4-8-14/h5-6,9H,3-4,7-8,15H2,1-2H3. The van der Waals surface area contributed by atoms with Crippen LogP contribution >= 0.6 is 0 Å². The number of benzene rings is 1. The lowest BCUT2D eigenvalue weighted by Crippen LogP contribution is -2.28. The molecule has 0 bridgehead atoms. The van der Waals surface area contributed by atoms with Crippen LogP contribution in [0.3, 0.4) is 0 Å². The monoisotopic (exact) mass is 257 g/mol. The molecule has 0 atom stereocenters. The summed E-state index contributed by atoms with van der Waals surface area (Å²) in [7, 11) is 0. The molecule has 100 valence electrons. The van der Waals surface area contributed by atoms with E-state index in [4.69, 9.17) is 5.73 Å². The van der Waals surface area contributed by atoms with Crippen LogP contribution < -0.4 is 5.73 Å². The first-order valence-electron chi connectivity index (χ1n) is 6.75. The van der Waals surface area contributed by atoms with Crippen molar-refractivity contribution in [2.24, 2.45) is 0 Å². The van der Waals surface area contributed by atoms with Crippen molar-refractivity contribution in [3.8, 4) is 11.4 Å². The maximum Gasteiger partial charge on any atom is 0.182 e. The molecule has 2 aromatic rings. The average Bonchev–Trinajstić information content (AvgIpc) is 2.98. The van der Waals surface area contributed by atoms with E-state index in [0.717, 1.165) is 35.5 Å². The number of nitrogen functional groups attached to an aromatic ring is 1. The third kappa shape index (κ3) is 1.99. The Morgan fingerprint density at radius 2 is 2.00 bits per heavy atom. The second kappa shape index (κ2) is 4.33. The number of rotatable bonds is 2. The first-order chi connectivity index (χ1) is 9.10. The molecule has 0 radical (unpaired) electrons. The van der Waals surface area contributed by atoms with Gasteiger partial charge in [-0.3, -0.25) is 0 Å². The van der Waals surface area contributed by atoms with E-state index in [1.165, 1.54) is 12.8 Å². The van der Waals surface area contributed by atoms with Gasteiger partial charge in [0.25, 0.3) is 0 Å². The van der Waals surface area contributed by atoms with Crippen molar-refractivity contribution in [1.29, 1.82) is 0 Å². The maximum atomic E-state index is 5.81. The number of nitrogens with two attached hydrogens (primary N) is 1. The van der Waals surface area contributed by atoms with Crippen LogP contribution in [0.1, 0.15) is 38.2 Å². The molecule has 1 aliphatic rings. The van der Waals surface area contributed by atoms with Gasteiger partial charge >= 0.3 is 0 Å². The molecular formula is C14H19N5. The van der Waals surface area contributed by atoms with Crippen molar-refractivity contribution in [3.63, 3.8) is 0 Å². The van der Waals surface area contributed by atoms with Gasteiger partial charge in [0.2, 0.25) is 0 Å². The second-order valence-electron chi connectivity index (χ2n) is 5.69. The fraction of sp³-hybridized carbons (Fsp3) is 0.500. The predicted molar refractivity (Wildman–Crippen MR) is 74.5 cm³/mol. The molecular weight excluding hydrogens is 238 g/mol. The molecule has 0 amide bonds. The largest absolute Gasteiger partial charge is 0.399 e. The van der Waals surface area contributed by atoms with Gasteiger partial charge < -0.3 is 5.73 Å². The Kier molecular flexibility index (Phi) is 2.77. The van der Waals surface area contributed by atoms with Gasteiger partial charge in [-0.05, 0) is 60.9 Å². The topological polar surface area (TPSA) is 69.6 Å². The molecule has 1 aromatic carbocycles. The first kappa shape index (κ1) is 12.1. The van der Waals surface area contributed by atoms with Crippen molar-refractivity contribution < 1.29 is 0 Å². The number of hydrogen-bond acceptors (Lipinski definition) is 4. The van der Waals surface area contributed by atoms with Gasteiger partial charge in [0.05, 0.1) is 5.54 Å². The molecule has 3 rings (SSSR count). The number of nitrogens with zero attached hydrogens (tertiary/aromatic N) is 4. The Labute approximate surface area is 112 Å². The lowest BCUT2D eigenvalue weighted by molar-refractivity contribution is 0.292. The molecule has 1 aromatic heterocycles. The Balaban J connectivity index is 2.09. The molecule has 1 aliphatic carbocycles. The summed E-state index contributed by atoms with van der Waals surface area (Å²) in [4.78, 5) is 0. The zero-order chi connectivity index (χ0) is 13.5. The highest BCUT2D eigenvalue weighted by Crippen LogP contribution is 2.38. The van der Waals surface area contributed by atoms with Crippen LogP contribution in [-0.2, 0) is 5.54 Å². The van der Waals surface area contributed by atoms with E-state index in [0.29, 0.717) is 0 Å². The molecule has 1 heterocycles. The fourth-order valence-corrected chi connectivity index (χ4v) is 3.00. The molecule has 0 saturated heterocycles. The van der Waals surface area contributed by atoms with Crippen molar-refractivity contribution >= 4 is 5.69 Å². The van der Waals surface area contributed by atoms with Crippen LogP contribution in [0.4, 0.5) is 5.69 Å². The van der Waals surface area contributed by atoms with Crippen molar-refractivity contribution in [3.05, 3.63) is 23.8 Å². The van der Waals surface area contributed by atoms with Crippen LogP contribution in [0.2, 0.25) is 0 Å². The van der Waals surface area contributed by atoms with E-state index in [2.05, 4.69) is 22.4 Å². The minimum absolute atomic E-state index is 0.0483. The minimum Gasteiger partial charge on any atom is -0.399 e. The Hall–Kier alpha value is -1.91. The van der Waals surface area contributed by atoms with Gasteiger partial charge in [0, 0.05) is 11.3 Å². The van der Waals surface area contributed by atoms with Gasteiger partial charge in [-0.1, -0.05) is 12.8 Å². The van der Waals surface area contributed by atoms with Crippen molar-refractivity contribution in [2.75, 3.05) is 5.73 Å². The van der Waals surface area contributed by atoms with Gasteiger partial charge in [-0.25, -0.2) is 4.68 Å². The van der Waals surface area contributed by atoms with Gasteiger partial charge in [0.1, 0.15) is 0 Å². The summed E-state index contributed by atoms with van der Waals surface area (Å²) >= 11 is 0. The lowest BCUT2D eigenvalue weighted by atomic mass is 9.99. The highest BCUT2D eigenvalue weighted by molar-refractivity contribution is 5.63. The Morgan fingerprint density at radius 3 is 2.68 bits per heavy atom. The van der Waals surface area contributed by atoms with Gasteiger partial charge in [-0.15, -0.1) is 5.10 Å². The predicted octanol–water partition coefficient (Wildman–Crippen LogP) is 2.52. The first-order valence-corrected chi connectivity index (χ1v) is 6.75. The van der Waals surface area contributed by atoms with Crippen LogP contribution in [0, 0.1) is 6.92 Å². The summed E-state index contributed by atoms with van der Waals surface area (Å²) in [5.41, 5.74) is 8.80. The van der Waals surface area contributed by atoms with Crippen LogP contribution in [0.15, 0.2) is 18.2 Å². The zero-order valence-corrected chi connectivity index (χ0v) is 11.4. The van der Waals surface area contributed by atoms with E-state index >= 15 is 0 Å². The smallest absolute Gasteiger partial charge is 0.182 e. The molecule has 0 spiro atoms. The summed E-state index contributed by atoms with van der Waals surface area (Å²) in [5, 5.41) is 12.3. The molecule has 19 heavy (non-hydrogen) atoms. The maximum absolute atomic E-state index is 5.81. The summed E-state index contributed by atoms with van der Waals surface area (Å²) in [5.74, 6) is 0.849. The Morgan fingerprint density at radius 1 is 1.26 bits per heavy atom. The fourth-order valence-electron chi connectivity index (χ4n) is 3.00.